The summed E-state index contributed by atoms with van der Waals surface area (Å²) in [6.07, 6.45) is 0. The van der Waals surface area contributed by atoms with Crippen molar-refractivity contribution >= 4 is 5.69 Å². The number of nitro benzene ring substituents is 1. The lowest BCUT2D eigenvalue weighted by Gasteiger charge is -2.08. The first-order valence-corrected chi connectivity index (χ1v) is 5.94. The van der Waals surface area contributed by atoms with Crippen LogP contribution in [0.25, 0.3) is 11.1 Å². The van der Waals surface area contributed by atoms with Gasteiger partial charge in [-0.05, 0) is 24.6 Å². The summed E-state index contributed by atoms with van der Waals surface area (Å²) in [6.45, 7) is 1.66. The van der Waals surface area contributed by atoms with E-state index < -0.39 is 10.5 Å². The third-order valence-electron chi connectivity index (χ3n) is 3.05. The molecule has 0 aliphatic carbocycles. The van der Waals surface area contributed by atoms with E-state index in [-0.39, 0.29) is 17.0 Å². The zero-order valence-electron chi connectivity index (χ0n) is 11.3. The van der Waals surface area contributed by atoms with Gasteiger partial charge in [-0.15, -0.1) is 0 Å². The van der Waals surface area contributed by atoms with Crippen molar-refractivity contribution in [3.63, 3.8) is 0 Å². The number of aromatic amines is 1. The highest BCUT2D eigenvalue weighted by Crippen LogP contribution is 2.32. The van der Waals surface area contributed by atoms with Crippen LogP contribution in [0.3, 0.4) is 0 Å². The van der Waals surface area contributed by atoms with Crippen LogP contribution in [-0.4, -0.2) is 17.0 Å². The van der Waals surface area contributed by atoms with Crippen molar-refractivity contribution in [1.29, 1.82) is 5.26 Å². The van der Waals surface area contributed by atoms with Crippen LogP contribution in [0.4, 0.5) is 5.69 Å². The summed E-state index contributed by atoms with van der Waals surface area (Å²) in [5.74, 6) is 0.145. The number of methoxy groups -OCH3 is 1. The molecule has 0 saturated heterocycles. The van der Waals surface area contributed by atoms with Crippen LogP contribution in [0.2, 0.25) is 0 Å². The number of nitrogens with zero attached hydrogens (tertiary/aromatic N) is 2. The van der Waals surface area contributed by atoms with Gasteiger partial charge in [-0.3, -0.25) is 14.9 Å². The molecule has 0 saturated carbocycles. The van der Waals surface area contributed by atoms with Gasteiger partial charge in [-0.1, -0.05) is 6.07 Å². The van der Waals surface area contributed by atoms with Gasteiger partial charge in [0.05, 0.1) is 12.0 Å². The lowest BCUT2D eigenvalue weighted by atomic mass is 10.0. The van der Waals surface area contributed by atoms with E-state index in [4.69, 9.17) is 10.00 Å². The summed E-state index contributed by atoms with van der Waals surface area (Å²) in [5, 5.41) is 19.9. The van der Waals surface area contributed by atoms with E-state index in [0.29, 0.717) is 16.8 Å². The normalized spacial score (nSPS) is 9.95. The first-order valence-electron chi connectivity index (χ1n) is 5.94. The number of hydrogen-bond acceptors (Lipinski definition) is 5. The molecule has 0 radical (unpaired) electrons. The number of benzene rings is 1. The molecule has 0 fully saturated rings. The van der Waals surface area contributed by atoms with Crippen molar-refractivity contribution in [3.05, 3.63) is 56.0 Å². The number of nitriles is 1. The van der Waals surface area contributed by atoms with Crippen LogP contribution in [0.5, 0.6) is 5.75 Å². The van der Waals surface area contributed by atoms with Gasteiger partial charge in [0.2, 0.25) is 0 Å². The molecule has 0 unspecified atom stereocenters. The standard InChI is InChI=1S/C14H11N3O4/c1-8-11(5-10(7-15)14(18)16-8)9-3-4-13(21-2)12(6-9)17(19)20/h3-6H,1-2H3,(H,16,18). The number of aromatic nitrogens is 1. The first kappa shape index (κ1) is 14.3. The molecule has 1 aromatic heterocycles. The molecule has 0 spiro atoms. The average molecular weight is 285 g/mol. The number of H-pyrrole nitrogens is 1. The van der Waals surface area contributed by atoms with Crippen LogP contribution in [0.1, 0.15) is 11.3 Å². The molecule has 1 heterocycles. The van der Waals surface area contributed by atoms with Crippen molar-refractivity contribution < 1.29 is 9.66 Å². The predicted octanol–water partition coefficient (Wildman–Crippen LogP) is 2.14. The highest BCUT2D eigenvalue weighted by Gasteiger charge is 2.17. The highest BCUT2D eigenvalue weighted by molar-refractivity contribution is 5.71. The number of aryl methyl sites for hydroxylation is 1. The highest BCUT2D eigenvalue weighted by atomic mass is 16.6. The van der Waals surface area contributed by atoms with Crippen molar-refractivity contribution in [2.75, 3.05) is 7.11 Å². The molecule has 1 N–H and O–H groups in total. The van der Waals surface area contributed by atoms with Crippen molar-refractivity contribution in [2.45, 2.75) is 6.92 Å². The third-order valence-corrected chi connectivity index (χ3v) is 3.05. The predicted molar refractivity (Wildman–Crippen MR) is 75.2 cm³/mol. The van der Waals surface area contributed by atoms with E-state index in [9.17, 15) is 14.9 Å². The number of ether oxygens (including phenoxy) is 1. The Hall–Kier alpha value is -3.14. The maximum atomic E-state index is 11.5. The summed E-state index contributed by atoms with van der Waals surface area (Å²) >= 11 is 0. The van der Waals surface area contributed by atoms with Gasteiger partial charge in [0.25, 0.3) is 5.56 Å². The number of rotatable bonds is 3. The van der Waals surface area contributed by atoms with Gasteiger partial charge in [0.15, 0.2) is 5.75 Å². The molecule has 7 nitrogen and oxygen atoms in total. The minimum absolute atomic E-state index is 0.0472. The van der Waals surface area contributed by atoms with Gasteiger partial charge in [-0.2, -0.15) is 5.26 Å². The van der Waals surface area contributed by atoms with E-state index in [1.165, 1.54) is 25.3 Å². The molecular weight excluding hydrogens is 274 g/mol. The molecule has 1 aromatic carbocycles. The molecule has 0 amide bonds. The SMILES string of the molecule is COc1ccc(-c2cc(C#N)c(=O)[nH]c2C)cc1[N+](=O)[O-]. The zero-order chi connectivity index (χ0) is 15.6. The summed E-state index contributed by atoms with van der Waals surface area (Å²) in [6, 6.07) is 7.66. The van der Waals surface area contributed by atoms with Crippen molar-refractivity contribution in [2.24, 2.45) is 0 Å². The minimum atomic E-state index is -0.547. The summed E-state index contributed by atoms with van der Waals surface area (Å²) in [4.78, 5) is 24.6. The van der Waals surface area contributed by atoms with Gasteiger partial charge < -0.3 is 9.72 Å². The number of pyridine rings is 1. The zero-order valence-corrected chi connectivity index (χ0v) is 11.3. The first-order chi connectivity index (χ1) is 9.97. The van der Waals surface area contributed by atoms with Gasteiger partial charge in [-0.25, -0.2) is 0 Å². The molecule has 0 bridgehead atoms. The Morgan fingerprint density at radius 1 is 1.38 bits per heavy atom. The molecule has 7 heteroatoms. The third kappa shape index (κ3) is 2.60. The Kier molecular flexibility index (Phi) is 3.71. The van der Waals surface area contributed by atoms with E-state index >= 15 is 0 Å². The topological polar surface area (TPSA) is 109 Å². The van der Waals surface area contributed by atoms with E-state index in [1.54, 1.807) is 19.1 Å². The number of hydrogen-bond donors (Lipinski definition) is 1. The van der Waals surface area contributed by atoms with Crippen LogP contribution < -0.4 is 10.3 Å². The molecule has 2 rings (SSSR count). The Labute approximate surface area is 119 Å². The molecule has 106 valence electrons. The lowest BCUT2D eigenvalue weighted by Crippen LogP contribution is -2.12. The number of nitrogens with one attached hydrogen (secondary N) is 1. The van der Waals surface area contributed by atoms with Crippen molar-refractivity contribution in [3.8, 4) is 22.9 Å². The van der Waals surface area contributed by atoms with Gasteiger partial charge in [0, 0.05) is 17.3 Å². The molecule has 0 aliphatic rings. The largest absolute Gasteiger partial charge is 0.490 e. The van der Waals surface area contributed by atoms with Gasteiger partial charge in [0.1, 0.15) is 11.6 Å². The Morgan fingerprint density at radius 3 is 2.67 bits per heavy atom. The quantitative estimate of drug-likeness (QED) is 0.686. The van der Waals surface area contributed by atoms with Crippen molar-refractivity contribution in [1.82, 2.24) is 4.98 Å². The maximum absolute atomic E-state index is 11.5. The van der Waals surface area contributed by atoms with Crippen LogP contribution in [0, 0.1) is 28.4 Å². The fourth-order valence-electron chi connectivity index (χ4n) is 2.01. The Balaban J connectivity index is 2.68. The maximum Gasteiger partial charge on any atom is 0.311 e. The van der Waals surface area contributed by atoms with Crippen LogP contribution >= 0.6 is 0 Å². The monoisotopic (exact) mass is 285 g/mol. The lowest BCUT2D eigenvalue weighted by molar-refractivity contribution is -0.385. The van der Waals surface area contributed by atoms with Gasteiger partial charge >= 0.3 is 5.69 Å². The molecule has 21 heavy (non-hydrogen) atoms. The Bertz CT molecular complexity index is 818. The van der Waals surface area contributed by atoms with E-state index in [1.807, 2.05) is 0 Å². The number of nitro groups is 1. The summed E-state index contributed by atoms with van der Waals surface area (Å²) in [7, 11) is 1.35. The molecular formula is C14H11N3O4. The minimum Gasteiger partial charge on any atom is -0.490 e. The molecule has 0 aliphatic heterocycles. The second kappa shape index (κ2) is 5.46. The summed E-state index contributed by atoms with van der Waals surface area (Å²) < 4.78 is 4.94. The van der Waals surface area contributed by atoms with Crippen LogP contribution in [-0.2, 0) is 0 Å². The smallest absolute Gasteiger partial charge is 0.311 e. The molecule has 0 atom stereocenters. The van der Waals surface area contributed by atoms with E-state index in [0.717, 1.165) is 0 Å². The second-order valence-electron chi connectivity index (χ2n) is 4.31. The second-order valence-corrected chi connectivity index (χ2v) is 4.31. The van der Waals surface area contributed by atoms with Crippen LogP contribution in [0.15, 0.2) is 29.1 Å². The summed E-state index contributed by atoms with van der Waals surface area (Å²) in [5.41, 5.74) is 0.887. The molecule has 2 aromatic rings. The fourth-order valence-corrected chi connectivity index (χ4v) is 2.01. The Morgan fingerprint density at radius 2 is 2.10 bits per heavy atom. The average Bonchev–Trinajstić information content (AvgIpc) is 2.46. The van der Waals surface area contributed by atoms with E-state index in [2.05, 4.69) is 4.98 Å². The fraction of sp³-hybridized carbons (Fsp3) is 0.143.